The van der Waals surface area contributed by atoms with Gasteiger partial charge < -0.3 is 51.6 Å². The molecule has 3 aromatic carbocycles. The predicted molar refractivity (Wildman–Crippen MR) is 207 cm³/mol. The van der Waals surface area contributed by atoms with Gasteiger partial charge >= 0.3 is 11.9 Å². The summed E-state index contributed by atoms with van der Waals surface area (Å²) in [4.78, 5) is 25.1. The van der Waals surface area contributed by atoms with Crippen LogP contribution in [0.3, 0.4) is 0 Å². The molecule has 0 spiro atoms. The number of carbonyl (C=O) groups is 2. The van der Waals surface area contributed by atoms with Gasteiger partial charge in [0, 0.05) is 49.0 Å². The predicted octanol–water partition coefficient (Wildman–Crippen LogP) is 5.21. The van der Waals surface area contributed by atoms with Crippen molar-refractivity contribution in [2.75, 3.05) is 101 Å². The number of methoxy groups -OCH3 is 4. The number of likely N-dealkylation sites (N-methyl/N-ethyl adjacent to an activating group) is 1. The zero-order chi connectivity index (χ0) is 39.5. The summed E-state index contributed by atoms with van der Waals surface area (Å²) in [5, 5.41) is 0. The molecule has 0 amide bonds. The summed E-state index contributed by atoms with van der Waals surface area (Å²) in [6.07, 6.45) is 5.23. The van der Waals surface area contributed by atoms with Crippen LogP contribution in [0.4, 0.5) is 0 Å². The van der Waals surface area contributed by atoms with Crippen molar-refractivity contribution in [1.29, 1.82) is 0 Å². The number of hydrogen-bond donors (Lipinski definition) is 0. The second kappa shape index (κ2) is 18.8. The average molecular weight is 777 g/mol. The van der Waals surface area contributed by atoms with Gasteiger partial charge in [-0.1, -0.05) is 6.07 Å². The van der Waals surface area contributed by atoms with Gasteiger partial charge in [0.1, 0.15) is 25.7 Å². The van der Waals surface area contributed by atoms with Crippen molar-refractivity contribution >= 4 is 11.9 Å². The van der Waals surface area contributed by atoms with Crippen molar-refractivity contribution in [2.45, 2.75) is 38.3 Å². The Balaban J connectivity index is 0.991. The molecule has 1 fully saturated rings. The first-order chi connectivity index (χ1) is 27.2. The molecule has 0 aliphatic carbocycles. The van der Waals surface area contributed by atoms with Gasteiger partial charge in [-0.05, 0) is 53.6 Å². The monoisotopic (exact) mass is 776 g/mol. The molecule has 6 rings (SSSR count). The second-order valence-electron chi connectivity index (χ2n) is 14.8. The number of quaternary nitrogens is 2. The molecule has 0 bridgehead atoms. The molecule has 13 heteroatoms. The van der Waals surface area contributed by atoms with E-state index in [4.69, 9.17) is 42.6 Å². The first kappa shape index (κ1) is 40.7. The third-order valence-electron chi connectivity index (χ3n) is 11.3. The molecule has 2 unspecified atom stereocenters. The van der Waals surface area contributed by atoms with E-state index in [9.17, 15) is 9.59 Å². The van der Waals surface area contributed by atoms with Crippen LogP contribution in [0, 0.1) is 0 Å². The van der Waals surface area contributed by atoms with Crippen molar-refractivity contribution in [2.24, 2.45) is 0 Å². The molecule has 0 N–H and O–H groups in total. The molecule has 3 aromatic rings. The Labute approximate surface area is 329 Å². The van der Waals surface area contributed by atoms with Crippen LogP contribution < -0.4 is 28.4 Å². The maximum atomic E-state index is 12.6. The van der Waals surface area contributed by atoms with Gasteiger partial charge in [0.25, 0.3) is 0 Å². The molecule has 2 atom stereocenters. The molecule has 3 heterocycles. The fourth-order valence-corrected chi connectivity index (χ4v) is 8.18. The summed E-state index contributed by atoms with van der Waals surface area (Å²) in [5.74, 6) is 3.17. The molecule has 13 nitrogen and oxygen atoms in total. The van der Waals surface area contributed by atoms with Crippen LogP contribution >= 0.6 is 0 Å². The molecule has 3 aliphatic heterocycles. The van der Waals surface area contributed by atoms with Crippen LogP contribution in [0.15, 0.2) is 60.7 Å². The Morgan fingerprint density at radius 2 is 1.34 bits per heavy atom. The van der Waals surface area contributed by atoms with E-state index in [1.54, 1.807) is 28.4 Å². The van der Waals surface area contributed by atoms with E-state index in [0.29, 0.717) is 49.1 Å². The maximum absolute atomic E-state index is 12.6. The van der Waals surface area contributed by atoms with Gasteiger partial charge in [-0.15, -0.1) is 0 Å². The average Bonchev–Trinajstić information content (AvgIpc) is 3.69. The van der Waals surface area contributed by atoms with Gasteiger partial charge in [-0.2, -0.15) is 0 Å². The lowest BCUT2D eigenvalue weighted by Gasteiger charge is -2.46. The van der Waals surface area contributed by atoms with E-state index >= 15 is 0 Å². The van der Waals surface area contributed by atoms with Crippen molar-refractivity contribution in [3.05, 3.63) is 82.9 Å². The Bertz CT molecular complexity index is 1860. The first-order valence-electron chi connectivity index (χ1n) is 19.3. The number of nitrogens with zero attached hydrogens (tertiary/aromatic N) is 2. The van der Waals surface area contributed by atoms with Crippen LogP contribution in [-0.2, 0) is 43.2 Å². The molecule has 0 aromatic heterocycles. The summed E-state index contributed by atoms with van der Waals surface area (Å²) in [7, 11) is 8.83. The number of rotatable bonds is 18. The van der Waals surface area contributed by atoms with E-state index in [1.807, 2.05) is 24.3 Å². The van der Waals surface area contributed by atoms with Crippen LogP contribution in [-0.4, -0.2) is 122 Å². The topological polar surface area (TPSA) is 117 Å². The lowest BCUT2D eigenvalue weighted by molar-refractivity contribution is -0.947. The van der Waals surface area contributed by atoms with Gasteiger partial charge in [-0.3, -0.25) is 0 Å². The zero-order valence-corrected chi connectivity index (χ0v) is 33.3. The first-order valence-corrected chi connectivity index (χ1v) is 19.3. The number of hydrogen-bond acceptors (Lipinski definition) is 11. The second-order valence-corrected chi connectivity index (χ2v) is 14.8. The number of fused-ring (bicyclic) bond motifs is 2. The van der Waals surface area contributed by atoms with Gasteiger partial charge in [0.05, 0.1) is 81.5 Å². The Morgan fingerprint density at radius 3 is 2.04 bits per heavy atom. The third kappa shape index (κ3) is 9.87. The number of carbonyl (C=O) groups excluding carboxylic acids is 2. The molecular formula is C43H56N2O11+2. The summed E-state index contributed by atoms with van der Waals surface area (Å²) >= 11 is 0. The highest BCUT2D eigenvalue weighted by molar-refractivity contribution is 5.91. The van der Waals surface area contributed by atoms with Crippen LogP contribution in [0.25, 0.3) is 0 Å². The maximum Gasteiger partial charge on any atom is 0.331 e. The molecule has 3 aliphatic rings. The lowest BCUT2D eigenvalue weighted by atomic mass is 9.86. The molecule has 1 saturated heterocycles. The molecule has 0 saturated carbocycles. The van der Waals surface area contributed by atoms with E-state index in [-0.39, 0.29) is 26.0 Å². The molecule has 302 valence electrons. The quantitative estimate of drug-likeness (QED) is 0.0735. The van der Waals surface area contributed by atoms with Gasteiger partial charge in [0.15, 0.2) is 34.5 Å². The molecule has 0 radical (unpaired) electrons. The van der Waals surface area contributed by atoms with Crippen molar-refractivity contribution in [3.8, 4) is 34.5 Å². The minimum Gasteiger partial charge on any atom is -0.493 e. The highest BCUT2D eigenvalue weighted by Crippen LogP contribution is 2.43. The molecular weight excluding hydrogens is 720 g/mol. The summed E-state index contributed by atoms with van der Waals surface area (Å²) in [6, 6.07) is 16.4. The normalized spacial score (nSPS) is 19.6. The Hall–Kier alpha value is -4.98. The number of benzene rings is 3. The van der Waals surface area contributed by atoms with Crippen LogP contribution in [0.2, 0.25) is 0 Å². The Kier molecular flexibility index (Phi) is 13.6. The number of morpholine rings is 1. The zero-order valence-electron chi connectivity index (χ0n) is 33.3. The van der Waals surface area contributed by atoms with Crippen molar-refractivity contribution in [1.82, 2.24) is 0 Å². The summed E-state index contributed by atoms with van der Waals surface area (Å²) in [6.45, 7) is 7.17. The highest BCUT2D eigenvalue weighted by atomic mass is 16.7. The van der Waals surface area contributed by atoms with Crippen molar-refractivity contribution in [3.63, 3.8) is 0 Å². The number of esters is 2. The fraction of sp³-hybridized carbons (Fsp3) is 0.488. The highest BCUT2D eigenvalue weighted by Gasteiger charge is 2.40. The third-order valence-corrected chi connectivity index (χ3v) is 11.3. The minimum atomic E-state index is -0.575. The number of ether oxygens (including phenoxy) is 9. The lowest BCUT2D eigenvalue weighted by Crippen LogP contribution is -2.55. The SMILES string of the molecule is COc1ccc(CC2c3cc(OC)c(OC)cc3CC[N+]2(C)CCCOC(=O)C=CC(=O)OCCC[N+]2(Cc3ccc4c(c3)OCO4)CCOCC2)cc1OC. The van der Waals surface area contributed by atoms with E-state index < -0.39 is 11.9 Å². The molecule has 56 heavy (non-hydrogen) atoms. The van der Waals surface area contributed by atoms with Gasteiger partial charge in [0.2, 0.25) is 6.79 Å². The van der Waals surface area contributed by atoms with Crippen LogP contribution in [0.5, 0.6) is 34.5 Å². The summed E-state index contributed by atoms with van der Waals surface area (Å²) < 4.78 is 51.7. The van der Waals surface area contributed by atoms with E-state index in [2.05, 4.69) is 31.3 Å². The van der Waals surface area contributed by atoms with Crippen LogP contribution in [0.1, 0.15) is 41.1 Å². The fourth-order valence-electron chi connectivity index (χ4n) is 8.18. The minimum absolute atomic E-state index is 0.0887. The van der Waals surface area contributed by atoms with E-state index in [1.165, 1.54) is 16.7 Å². The largest absolute Gasteiger partial charge is 0.493 e. The van der Waals surface area contributed by atoms with E-state index in [0.717, 1.165) is 90.3 Å². The standard InChI is InChI=1S/C43H56N2O11/c1-44(17-14-33-27-39(50-4)40(51-5)28-34(33)35(44)24-31-8-10-36(48-2)38(25-31)49-3)15-6-20-53-42(46)12-13-43(47)54-21-7-16-45(18-22-52-23-19-45)29-32-9-11-37-41(26-32)56-30-55-37/h8-13,25-28,35H,6-7,14-24,29-30H2,1-5H3/q+2. The smallest absolute Gasteiger partial charge is 0.331 e. The van der Waals surface area contributed by atoms with Crippen molar-refractivity contribution < 1.29 is 61.2 Å². The van der Waals surface area contributed by atoms with Gasteiger partial charge in [-0.25, -0.2) is 9.59 Å². The Morgan fingerprint density at radius 1 is 0.714 bits per heavy atom. The summed E-state index contributed by atoms with van der Waals surface area (Å²) in [5.41, 5.74) is 4.72.